The smallest absolute Gasteiger partial charge is 0.133 e. The van der Waals surface area contributed by atoms with Gasteiger partial charge >= 0.3 is 0 Å². The maximum atomic E-state index is 6.26. The number of hydrogen-bond donors (Lipinski definition) is 0. The first-order chi connectivity index (χ1) is 17.3. The molecule has 2 nitrogen and oxygen atoms in total. The van der Waals surface area contributed by atoms with Gasteiger partial charge in [0.25, 0.3) is 0 Å². The molecular weight excluding hydrogens is 448 g/mol. The van der Waals surface area contributed by atoms with Crippen molar-refractivity contribution in [3.8, 4) is 11.5 Å². The summed E-state index contributed by atoms with van der Waals surface area (Å²) in [5, 5.41) is 0. The van der Waals surface area contributed by atoms with Crippen LogP contribution < -0.4 is 9.47 Å². The van der Waals surface area contributed by atoms with Crippen LogP contribution in [0.25, 0.3) is 0 Å². The summed E-state index contributed by atoms with van der Waals surface area (Å²) in [4.78, 5) is 2.20. The van der Waals surface area contributed by atoms with Gasteiger partial charge in [-0.1, -0.05) is 98.4 Å². The topological polar surface area (TPSA) is 18.5 Å². The molecule has 4 rings (SSSR count). The molecule has 0 spiro atoms. The first-order valence-electron chi connectivity index (χ1n) is 12.5. The molecule has 0 aliphatic rings. The summed E-state index contributed by atoms with van der Waals surface area (Å²) in [7, 11) is 0. The van der Waals surface area contributed by atoms with Gasteiger partial charge in [0, 0.05) is 12.8 Å². The van der Waals surface area contributed by atoms with Gasteiger partial charge in [-0.3, -0.25) is 0 Å². The average Bonchev–Trinajstić information content (AvgIpc) is 2.91. The highest BCUT2D eigenvalue weighted by molar-refractivity contribution is 7.99. The molecule has 0 atom stereocenters. The van der Waals surface area contributed by atoms with E-state index in [9.17, 15) is 0 Å². The van der Waals surface area contributed by atoms with E-state index < -0.39 is 0 Å². The summed E-state index contributed by atoms with van der Waals surface area (Å²) < 4.78 is 12.5. The molecule has 0 aliphatic carbocycles. The molecule has 0 unspecified atom stereocenters. The summed E-state index contributed by atoms with van der Waals surface area (Å²) in [6.45, 7) is 5.72. The number of para-hydroxylation sites is 2. The minimum Gasteiger partial charge on any atom is -0.492 e. The molecule has 180 valence electrons. The van der Waals surface area contributed by atoms with E-state index >= 15 is 0 Å². The Labute approximate surface area is 214 Å². The van der Waals surface area contributed by atoms with Crippen LogP contribution in [0, 0.1) is 0 Å². The number of hydrogen-bond acceptors (Lipinski definition) is 3. The highest BCUT2D eigenvalue weighted by atomic mass is 32.2. The van der Waals surface area contributed by atoms with Crippen LogP contribution in [-0.2, 0) is 25.7 Å². The predicted octanol–water partition coefficient (Wildman–Crippen LogP) is 8.21. The van der Waals surface area contributed by atoms with Gasteiger partial charge in [-0.15, -0.1) is 0 Å². The summed E-state index contributed by atoms with van der Waals surface area (Å²) in [6, 6.07) is 33.8. The molecule has 4 aromatic rings. The van der Waals surface area contributed by atoms with Gasteiger partial charge in [-0.25, -0.2) is 0 Å². The van der Waals surface area contributed by atoms with Crippen LogP contribution in [0.15, 0.2) is 107 Å². The van der Waals surface area contributed by atoms with Gasteiger partial charge < -0.3 is 9.47 Å². The number of benzene rings is 4. The molecule has 0 bridgehead atoms. The lowest BCUT2D eigenvalue weighted by Gasteiger charge is -2.15. The molecule has 0 aromatic heterocycles. The van der Waals surface area contributed by atoms with E-state index in [-0.39, 0.29) is 0 Å². The van der Waals surface area contributed by atoms with Crippen molar-refractivity contribution in [1.82, 2.24) is 0 Å². The fraction of sp³-hybridized carbons (Fsp3) is 0.250. The first-order valence-corrected chi connectivity index (χ1v) is 13.3. The maximum Gasteiger partial charge on any atom is 0.133 e. The zero-order valence-electron chi connectivity index (χ0n) is 20.7. The van der Waals surface area contributed by atoms with Crippen molar-refractivity contribution in [1.29, 1.82) is 0 Å². The molecule has 0 aliphatic heterocycles. The SMILES string of the molecule is CCc1ccccc1CCOc1ccccc1Sc1ccccc1OCCc1ccccc1CC. The fourth-order valence-corrected chi connectivity index (χ4v) is 5.25. The quantitative estimate of drug-likeness (QED) is 0.203. The normalized spacial score (nSPS) is 10.8. The maximum absolute atomic E-state index is 6.26. The summed E-state index contributed by atoms with van der Waals surface area (Å²) in [6.07, 6.45) is 3.90. The Morgan fingerprint density at radius 1 is 0.486 bits per heavy atom. The lowest BCUT2D eigenvalue weighted by molar-refractivity contribution is 0.312. The van der Waals surface area contributed by atoms with Crippen LogP contribution >= 0.6 is 11.8 Å². The van der Waals surface area contributed by atoms with Crippen LogP contribution in [0.1, 0.15) is 36.1 Å². The van der Waals surface area contributed by atoms with Crippen molar-refractivity contribution in [2.75, 3.05) is 13.2 Å². The summed E-state index contributed by atoms with van der Waals surface area (Å²) >= 11 is 1.70. The minimum absolute atomic E-state index is 0.656. The Morgan fingerprint density at radius 3 is 1.29 bits per heavy atom. The highest BCUT2D eigenvalue weighted by Gasteiger charge is 2.11. The molecule has 0 amide bonds. The second-order valence-corrected chi connectivity index (χ2v) is 9.52. The lowest BCUT2D eigenvalue weighted by atomic mass is 10.0. The van der Waals surface area contributed by atoms with E-state index in [0.29, 0.717) is 13.2 Å². The van der Waals surface area contributed by atoms with Crippen molar-refractivity contribution in [3.05, 3.63) is 119 Å². The number of aryl methyl sites for hydroxylation is 2. The Balaban J connectivity index is 1.40. The molecule has 0 N–H and O–H groups in total. The Bertz CT molecular complexity index is 1120. The first kappa shape index (κ1) is 24.9. The summed E-state index contributed by atoms with van der Waals surface area (Å²) in [5.74, 6) is 1.83. The van der Waals surface area contributed by atoms with Gasteiger partial charge in [0.15, 0.2) is 0 Å². The number of ether oxygens (including phenoxy) is 2. The fourth-order valence-electron chi connectivity index (χ4n) is 4.26. The molecule has 0 fully saturated rings. The van der Waals surface area contributed by atoms with E-state index in [0.717, 1.165) is 47.0 Å². The number of rotatable bonds is 12. The highest BCUT2D eigenvalue weighted by Crippen LogP contribution is 2.39. The molecule has 35 heavy (non-hydrogen) atoms. The van der Waals surface area contributed by atoms with Crippen LogP contribution in [0.3, 0.4) is 0 Å². The standard InChI is InChI=1S/C32H34O2S/c1-3-25-13-5-7-15-27(25)21-23-33-29-17-9-11-19-31(29)35-32-20-12-10-18-30(32)34-24-22-28-16-8-6-14-26(28)4-2/h5-20H,3-4,21-24H2,1-2H3. The van der Waals surface area contributed by atoms with Gasteiger partial charge in [-0.2, -0.15) is 0 Å². The zero-order valence-corrected chi connectivity index (χ0v) is 21.5. The van der Waals surface area contributed by atoms with Crippen molar-refractivity contribution in [3.63, 3.8) is 0 Å². The van der Waals surface area contributed by atoms with Crippen molar-refractivity contribution in [2.45, 2.75) is 49.3 Å². The Kier molecular flexibility index (Phi) is 9.31. The van der Waals surface area contributed by atoms with Crippen LogP contribution in [0.4, 0.5) is 0 Å². The second kappa shape index (κ2) is 13.1. The monoisotopic (exact) mass is 482 g/mol. The third-order valence-corrected chi connectivity index (χ3v) is 7.29. The predicted molar refractivity (Wildman–Crippen MR) is 147 cm³/mol. The van der Waals surface area contributed by atoms with Gasteiger partial charge in [0.05, 0.1) is 23.0 Å². The molecule has 0 heterocycles. The van der Waals surface area contributed by atoms with Crippen LogP contribution in [-0.4, -0.2) is 13.2 Å². The van der Waals surface area contributed by atoms with E-state index in [1.807, 2.05) is 12.1 Å². The molecule has 0 saturated carbocycles. The third-order valence-electron chi connectivity index (χ3n) is 6.17. The van der Waals surface area contributed by atoms with E-state index in [2.05, 4.69) is 98.8 Å². The van der Waals surface area contributed by atoms with Crippen molar-refractivity contribution in [2.24, 2.45) is 0 Å². The lowest BCUT2D eigenvalue weighted by Crippen LogP contribution is -2.05. The van der Waals surface area contributed by atoms with Crippen molar-refractivity contribution >= 4 is 11.8 Å². The van der Waals surface area contributed by atoms with Gasteiger partial charge in [-0.05, 0) is 59.4 Å². The minimum atomic E-state index is 0.656. The van der Waals surface area contributed by atoms with Gasteiger partial charge in [0.1, 0.15) is 11.5 Å². The second-order valence-electron chi connectivity index (χ2n) is 8.44. The molecule has 4 aromatic carbocycles. The van der Waals surface area contributed by atoms with Crippen LogP contribution in [0.2, 0.25) is 0 Å². The Morgan fingerprint density at radius 2 is 0.857 bits per heavy atom. The van der Waals surface area contributed by atoms with Crippen LogP contribution in [0.5, 0.6) is 11.5 Å². The largest absolute Gasteiger partial charge is 0.492 e. The van der Waals surface area contributed by atoms with Gasteiger partial charge in [0.2, 0.25) is 0 Å². The molecule has 0 saturated heterocycles. The average molecular weight is 483 g/mol. The van der Waals surface area contributed by atoms with E-state index in [1.165, 1.54) is 22.3 Å². The third kappa shape index (κ3) is 6.93. The van der Waals surface area contributed by atoms with E-state index in [1.54, 1.807) is 11.8 Å². The zero-order chi connectivity index (χ0) is 24.3. The van der Waals surface area contributed by atoms with E-state index in [4.69, 9.17) is 9.47 Å². The molecule has 3 heteroatoms. The Hall–Kier alpha value is -3.17. The summed E-state index contributed by atoms with van der Waals surface area (Å²) in [5.41, 5.74) is 5.52. The molecule has 0 radical (unpaired) electrons. The van der Waals surface area contributed by atoms with Crippen molar-refractivity contribution < 1.29 is 9.47 Å². The molecular formula is C32H34O2S.